The molecule has 0 bridgehead atoms. The highest BCUT2D eigenvalue weighted by Gasteiger charge is 2.19. The van der Waals surface area contributed by atoms with Crippen LogP contribution in [0.4, 0.5) is 0 Å². The average Bonchev–Trinajstić information content (AvgIpc) is 2.40. The molecule has 0 saturated heterocycles. The van der Waals surface area contributed by atoms with Gasteiger partial charge in [-0.2, -0.15) is 0 Å². The van der Waals surface area contributed by atoms with Gasteiger partial charge in [0.1, 0.15) is 0 Å². The van der Waals surface area contributed by atoms with Crippen molar-refractivity contribution in [2.75, 3.05) is 14.2 Å². The standard InChI is InChI=1S/C15H24N2O3/c1-10(2)17-15(18)11(3)20-14-12(9-16-4)7-6-8-13(14)19-5/h6-8,10-11,16H,9H2,1-5H3,(H,17,18). The van der Waals surface area contributed by atoms with E-state index in [0.29, 0.717) is 18.0 Å². The molecule has 0 heterocycles. The van der Waals surface area contributed by atoms with Gasteiger partial charge in [0.15, 0.2) is 17.6 Å². The topological polar surface area (TPSA) is 59.6 Å². The van der Waals surface area contributed by atoms with Crippen LogP contribution < -0.4 is 20.1 Å². The highest BCUT2D eigenvalue weighted by atomic mass is 16.5. The Morgan fingerprint density at radius 1 is 1.30 bits per heavy atom. The zero-order valence-electron chi connectivity index (χ0n) is 12.8. The van der Waals surface area contributed by atoms with E-state index in [-0.39, 0.29) is 11.9 Å². The molecule has 0 saturated carbocycles. The van der Waals surface area contributed by atoms with E-state index in [4.69, 9.17) is 9.47 Å². The number of ether oxygens (including phenoxy) is 2. The van der Waals surface area contributed by atoms with Crippen molar-refractivity contribution >= 4 is 5.91 Å². The largest absolute Gasteiger partial charge is 0.493 e. The Balaban J connectivity index is 2.91. The molecule has 1 amide bonds. The fourth-order valence-corrected chi connectivity index (χ4v) is 1.82. The van der Waals surface area contributed by atoms with Gasteiger partial charge >= 0.3 is 0 Å². The summed E-state index contributed by atoms with van der Waals surface area (Å²) in [5, 5.41) is 5.91. The molecule has 2 N–H and O–H groups in total. The molecule has 1 unspecified atom stereocenters. The number of rotatable bonds is 7. The predicted octanol–water partition coefficient (Wildman–Crippen LogP) is 1.71. The maximum atomic E-state index is 11.9. The van der Waals surface area contributed by atoms with E-state index < -0.39 is 6.10 Å². The Bertz CT molecular complexity index is 447. The number of hydrogen-bond donors (Lipinski definition) is 2. The van der Waals surface area contributed by atoms with Crippen LogP contribution in [0.25, 0.3) is 0 Å². The summed E-state index contributed by atoms with van der Waals surface area (Å²) in [6.07, 6.45) is -0.579. The summed E-state index contributed by atoms with van der Waals surface area (Å²) in [6, 6.07) is 5.75. The van der Waals surface area contributed by atoms with Gasteiger partial charge in [-0.25, -0.2) is 0 Å². The number of carbonyl (C=O) groups is 1. The van der Waals surface area contributed by atoms with Crippen molar-refractivity contribution in [3.63, 3.8) is 0 Å². The number of methoxy groups -OCH3 is 1. The molecule has 0 aliphatic rings. The number of carbonyl (C=O) groups excluding carboxylic acids is 1. The summed E-state index contributed by atoms with van der Waals surface area (Å²) < 4.78 is 11.1. The van der Waals surface area contributed by atoms with Crippen molar-refractivity contribution < 1.29 is 14.3 Å². The predicted molar refractivity (Wildman–Crippen MR) is 79.1 cm³/mol. The molecule has 0 aliphatic carbocycles. The third-order valence-corrected chi connectivity index (χ3v) is 2.74. The smallest absolute Gasteiger partial charge is 0.260 e. The number of nitrogens with one attached hydrogen (secondary N) is 2. The maximum Gasteiger partial charge on any atom is 0.260 e. The molecule has 0 aromatic heterocycles. The lowest BCUT2D eigenvalue weighted by Gasteiger charge is -2.20. The first kappa shape index (κ1) is 16.3. The van der Waals surface area contributed by atoms with Crippen molar-refractivity contribution in [3.05, 3.63) is 23.8 Å². The Morgan fingerprint density at radius 2 is 2.00 bits per heavy atom. The quantitative estimate of drug-likeness (QED) is 0.798. The Kier molecular flexibility index (Phi) is 6.31. The Morgan fingerprint density at radius 3 is 2.55 bits per heavy atom. The fourth-order valence-electron chi connectivity index (χ4n) is 1.82. The molecule has 1 atom stereocenters. The number of amides is 1. The van der Waals surface area contributed by atoms with E-state index in [1.165, 1.54) is 0 Å². The second-order valence-corrected chi connectivity index (χ2v) is 4.90. The fraction of sp³-hybridized carbons (Fsp3) is 0.533. The van der Waals surface area contributed by atoms with Gasteiger partial charge in [0.25, 0.3) is 5.91 Å². The first-order chi connectivity index (χ1) is 9.49. The van der Waals surface area contributed by atoms with Gasteiger partial charge in [0.2, 0.25) is 0 Å². The summed E-state index contributed by atoms with van der Waals surface area (Å²) >= 11 is 0. The van der Waals surface area contributed by atoms with Gasteiger partial charge in [0, 0.05) is 18.2 Å². The van der Waals surface area contributed by atoms with E-state index in [1.54, 1.807) is 14.0 Å². The molecule has 0 radical (unpaired) electrons. The van der Waals surface area contributed by atoms with E-state index in [1.807, 2.05) is 39.1 Å². The molecule has 1 rings (SSSR count). The van der Waals surface area contributed by atoms with Crippen LogP contribution in [0, 0.1) is 0 Å². The molecule has 0 aliphatic heterocycles. The monoisotopic (exact) mass is 280 g/mol. The van der Waals surface area contributed by atoms with Crippen molar-refractivity contribution in [2.24, 2.45) is 0 Å². The third-order valence-electron chi connectivity index (χ3n) is 2.74. The number of hydrogen-bond acceptors (Lipinski definition) is 4. The van der Waals surface area contributed by atoms with Gasteiger partial charge in [-0.05, 0) is 33.9 Å². The van der Waals surface area contributed by atoms with Crippen LogP contribution in [0.2, 0.25) is 0 Å². The van der Waals surface area contributed by atoms with Crippen LogP contribution in [-0.2, 0) is 11.3 Å². The van der Waals surface area contributed by atoms with Crippen LogP contribution in [0.1, 0.15) is 26.3 Å². The Hall–Kier alpha value is -1.75. The summed E-state index contributed by atoms with van der Waals surface area (Å²) in [7, 11) is 3.45. The molecule has 1 aromatic rings. The molecule has 20 heavy (non-hydrogen) atoms. The lowest BCUT2D eigenvalue weighted by atomic mass is 10.1. The van der Waals surface area contributed by atoms with Gasteiger partial charge < -0.3 is 20.1 Å². The van der Waals surface area contributed by atoms with Crippen molar-refractivity contribution in [1.82, 2.24) is 10.6 Å². The van der Waals surface area contributed by atoms with Gasteiger partial charge in [0.05, 0.1) is 7.11 Å². The third kappa shape index (κ3) is 4.42. The lowest BCUT2D eigenvalue weighted by molar-refractivity contribution is -0.127. The van der Waals surface area contributed by atoms with Crippen molar-refractivity contribution in [1.29, 1.82) is 0 Å². The van der Waals surface area contributed by atoms with Crippen molar-refractivity contribution in [3.8, 4) is 11.5 Å². The van der Waals surface area contributed by atoms with Gasteiger partial charge in [-0.15, -0.1) is 0 Å². The SMILES string of the molecule is CNCc1cccc(OC)c1OC(C)C(=O)NC(C)C. The number of benzene rings is 1. The highest BCUT2D eigenvalue weighted by Crippen LogP contribution is 2.31. The van der Waals surface area contributed by atoms with E-state index in [2.05, 4.69) is 10.6 Å². The molecule has 0 fully saturated rings. The van der Waals surface area contributed by atoms with Crippen LogP contribution in [0.3, 0.4) is 0 Å². The Labute approximate surface area is 120 Å². The molecular weight excluding hydrogens is 256 g/mol. The summed E-state index contributed by atoms with van der Waals surface area (Å²) in [4.78, 5) is 11.9. The average molecular weight is 280 g/mol. The summed E-state index contributed by atoms with van der Waals surface area (Å²) in [6.45, 7) is 6.21. The van der Waals surface area contributed by atoms with Crippen LogP contribution in [0.15, 0.2) is 18.2 Å². The molecule has 5 nitrogen and oxygen atoms in total. The molecule has 5 heteroatoms. The van der Waals surface area contributed by atoms with E-state index in [0.717, 1.165) is 5.56 Å². The van der Waals surface area contributed by atoms with Gasteiger partial charge in [-0.1, -0.05) is 12.1 Å². The normalized spacial score (nSPS) is 12.1. The number of para-hydroxylation sites is 1. The van der Waals surface area contributed by atoms with Crippen LogP contribution >= 0.6 is 0 Å². The minimum absolute atomic E-state index is 0.0861. The zero-order valence-corrected chi connectivity index (χ0v) is 12.8. The first-order valence-electron chi connectivity index (χ1n) is 6.77. The molecule has 0 spiro atoms. The van der Waals surface area contributed by atoms with E-state index >= 15 is 0 Å². The highest BCUT2D eigenvalue weighted by molar-refractivity contribution is 5.81. The van der Waals surface area contributed by atoms with Crippen LogP contribution in [-0.4, -0.2) is 32.2 Å². The minimum atomic E-state index is -0.579. The minimum Gasteiger partial charge on any atom is -0.493 e. The first-order valence-corrected chi connectivity index (χ1v) is 6.77. The lowest BCUT2D eigenvalue weighted by Crippen LogP contribution is -2.40. The van der Waals surface area contributed by atoms with E-state index in [9.17, 15) is 4.79 Å². The van der Waals surface area contributed by atoms with Crippen molar-refractivity contribution in [2.45, 2.75) is 39.5 Å². The van der Waals surface area contributed by atoms with Gasteiger partial charge in [-0.3, -0.25) is 4.79 Å². The van der Waals surface area contributed by atoms with Crippen LogP contribution in [0.5, 0.6) is 11.5 Å². The second kappa shape index (κ2) is 7.75. The summed E-state index contributed by atoms with van der Waals surface area (Å²) in [5.74, 6) is 1.10. The zero-order chi connectivity index (χ0) is 15.1. The molecular formula is C15H24N2O3. The summed E-state index contributed by atoms with van der Waals surface area (Å²) in [5.41, 5.74) is 0.955. The molecule has 112 valence electrons. The maximum absolute atomic E-state index is 11.9. The molecule has 1 aromatic carbocycles. The second-order valence-electron chi connectivity index (χ2n) is 4.90.